The summed E-state index contributed by atoms with van der Waals surface area (Å²) in [6.07, 6.45) is 3.75. The van der Waals surface area contributed by atoms with Crippen LogP contribution in [0.3, 0.4) is 0 Å². The minimum Gasteiger partial charge on any atom is -0.288 e. The maximum atomic E-state index is 11.6. The summed E-state index contributed by atoms with van der Waals surface area (Å²) >= 11 is 0. The van der Waals surface area contributed by atoms with Crippen LogP contribution >= 0.6 is 0 Å². The van der Waals surface area contributed by atoms with Gasteiger partial charge in [0.15, 0.2) is 0 Å². The molecule has 8 nitrogen and oxygen atoms in total. The summed E-state index contributed by atoms with van der Waals surface area (Å²) in [5, 5.41) is 0. The fourth-order valence-electron chi connectivity index (χ4n) is 1.44. The van der Waals surface area contributed by atoms with E-state index in [9.17, 15) is 22.8 Å². The van der Waals surface area contributed by atoms with Crippen LogP contribution in [0.4, 0.5) is 4.79 Å². The number of ketones is 2. The highest BCUT2D eigenvalue weighted by molar-refractivity contribution is 7.89. The number of carbonyl (C=O) groups excluding carboxylic acids is 3. The van der Waals surface area contributed by atoms with Crippen molar-refractivity contribution in [1.82, 2.24) is 14.3 Å². The lowest BCUT2D eigenvalue weighted by molar-refractivity contribution is 0.0987. The zero-order valence-electron chi connectivity index (χ0n) is 9.08. The first-order valence-electron chi connectivity index (χ1n) is 4.66. The lowest BCUT2D eigenvalue weighted by Crippen LogP contribution is -2.34. The fraction of sp³-hybridized carbons (Fsp3) is 0.111. The summed E-state index contributed by atoms with van der Waals surface area (Å²) in [7, 11) is -3.77. The predicted molar refractivity (Wildman–Crippen MR) is 58.8 cm³/mol. The number of amides is 1. The van der Waals surface area contributed by atoms with Crippen LogP contribution in [-0.4, -0.2) is 41.8 Å². The van der Waals surface area contributed by atoms with Crippen molar-refractivity contribution in [1.29, 1.82) is 0 Å². The van der Waals surface area contributed by atoms with Crippen molar-refractivity contribution < 1.29 is 22.8 Å². The van der Waals surface area contributed by atoms with Gasteiger partial charge >= 0.3 is 6.03 Å². The second-order valence-electron chi connectivity index (χ2n) is 3.55. The molecule has 1 aliphatic rings. The van der Waals surface area contributed by atoms with Crippen LogP contribution < -0.4 is 4.72 Å². The minimum absolute atomic E-state index is 0.175. The van der Waals surface area contributed by atoms with Gasteiger partial charge in [0, 0.05) is 0 Å². The van der Waals surface area contributed by atoms with Crippen molar-refractivity contribution in [3.8, 4) is 0 Å². The van der Waals surface area contributed by atoms with Crippen LogP contribution in [0, 0.1) is 0 Å². The molecule has 0 saturated heterocycles. The van der Waals surface area contributed by atoms with Crippen LogP contribution in [-0.2, 0) is 10.0 Å². The summed E-state index contributed by atoms with van der Waals surface area (Å²) in [5.74, 6) is -1.11. The van der Waals surface area contributed by atoms with Crippen LogP contribution in [0.15, 0.2) is 18.5 Å². The van der Waals surface area contributed by atoms with E-state index in [0.717, 1.165) is 24.7 Å². The molecule has 0 fully saturated rings. The molecule has 94 valence electrons. The number of carbonyl (C=O) groups is 3. The molecule has 0 spiro atoms. The Balaban J connectivity index is 2.48. The number of hydrogen-bond donors (Lipinski definition) is 1. The number of nitrogens with one attached hydrogen (secondary N) is 1. The van der Waals surface area contributed by atoms with E-state index >= 15 is 0 Å². The summed E-state index contributed by atoms with van der Waals surface area (Å²) in [4.78, 5) is 38.2. The molecule has 0 unspecified atom stereocenters. The topological polar surface area (TPSA) is 115 Å². The van der Waals surface area contributed by atoms with Crippen LogP contribution in [0.2, 0.25) is 0 Å². The summed E-state index contributed by atoms with van der Waals surface area (Å²) in [5.41, 5.74) is -0.421. The average molecular weight is 269 g/mol. The van der Waals surface area contributed by atoms with E-state index in [0.29, 0.717) is 4.57 Å². The molecule has 2 rings (SSSR count). The lowest BCUT2D eigenvalue weighted by atomic mass is 10.1. The normalized spacial score (nSPS) is 14.5. The number of aromatic nitrogens is 2. The van der Waals surface area contributed by atoms with E-state index in [-0.39, 0.29) is 11.4 Å². The Kier molecular flexibility index (Phi) is 2.62. The van der Waals surface area contributed by atoms with Crippen LogP contribution in [0.25, 0.3) is 0 Å². The van der Waals surface area contributed by atoms with E-state index in [1.807, 2.05) is 0 Å². The van der Waals surface area contributed by atoms with Crippen LogP contribution in [0.1, 0.15) is 21.0 Å². The fourth-order valence-corrected chi connectivity index (χ4v) is 1.85. The Bertz CT molecular complexity index is 698. The van der Waals surface area contributed by atoms with Crippen molar-refractivity contribution in [2.45, 2.75) is 0 Å². The number of imidazole rings is 1. The smallest absolute Gasteiger partial charge is 0.288 e. The van der Waals surface area contributed by atoms with Crippen molar-refractivity contribution in [2.75, 3.05) is 6.26 Å². The molecule has 1 aliphatic carbocycles. The van der Waals surface area contributed by atoms with Gasteiger partial charge < -0.3 is 0 Å². The quantitative estimate of drug-likeness (QED) is 0.723. The van der Waals surface area contributed by atoms with E-state index < -0.39 is 27.6 Å². The molecule has 0 atom stereocenters. The average Bonchev–Trinajstić information content (AvgIpc) is 2.66. The molecule has 1 N–H and O–H groups in total. The van der Waals surface area contributed by atoms with Crippen molar-refractivity contribution in [3.05, 3.63) is 29.9 Å². The maximum absolute atomic E-state index is 11.6. The third-order valence-electron chi connectivity index (χ3n) is 2.11. The SMILES string of the molecule is CS(=O)(=O)NC(=O)n1cnc2c1C(=O)C=CC2=O. The van der Waals surface area contributed by atoms with Gasteiger partial charge in [-0.05, 0) is 12.2 Å². The molecule has 0 radical (unpaired) electrons. The van der Waals surface area contributed by atoms with Gasteiger partial charge in [0.25, 0.3) is 0 Å². The Hall–Kier alpha value is -2.29. The minimum atomic E-state index is -3.77. The highest BCUT2D eigenvalue weighted by atomic mass is 32.2. The zero-order valence-corrected chi connectivity index (χ0v) is 9.89. The molecule has 0 saturated carbocycles. The summed E-state index contributed by atoms with van der Waals surface area (Å²) in [6.45, 7) is 0. The second-order valence-corrected chi connectivity index (χ2v) is 5.30. The lowest BCUT2D eigenvalue weighted by Gasteiger charge is -2.08. The Labute approximate surface area is 101 Å². The summed E-state index contributed by atoms with van der Waals surface area (Å²) < 4.78 is 24.2. The van der Waals surface area contributed by atoms with Gasteiger partial charge in [-0.2, -0.15) is 0 Å². The number of sulfonamides is 1. The molecule has 1 amide bonds. The number of nitrogens with zero attached hydrogens (tertiary/aromatic N) is 2. The third kappa shape index (κ3) is 2.07. The van der Waals surface area contributed by atoms with Gasteiger partial charge in [0.05, 0.1) is 6.26 Å². The van der Waals surface area contributed by atoms with Gasteiger partial charge in [-0.15, -0.1) is 0 Å². The van der Waals surface area contributed by atoms with Crippen molar-refractivity contribution in [2.24, 2.45) is 0 Å². The molecule has 1 aromatic heterocycles. The van der Waals surface area contributed by atoms with E-state index in [4.69, 9.17) is 0 Å². The monoisotopic (exact) mass is 269 g/mol. The Morgan fingerprint density at radius 2 is 1.89 bits per heavy atom. The first-order chi connectivity index (χ1) is 8.29. The Morgan fingerprint density at radius 3 is 2.50 bits per heavy atom. The molecular weight excluding hydrogens is 262 g/mol. The third-order valence-corrected chi connectivity index (χ3v) is 2.66. The molecule has 0 aliphatic heterocycles. The van der Waals surface area contributed by atoms with Crippen molar-refractivity contribution >= 4 is 27.6 Å². The first-order valence-corrected chi connectivity index (χ1v) is 6.55. The van der Waals surface area contributed by atoms with Gasteiger partial charge in [-0.3, -0.25) is 9.59 Å². The van der Waals surface area contributed by atoms with Gasteiger partial charge in [0.2, 0.25) is 21.6 Å². The Morgan fingerprint density at radius 1 is 1.28 bits per heavy atom. The second kappa shape index (κ2) is 3.88. The van der Waals surface area contributed by atoms with E-state index in [1.54, 1.807) is 4.72 Å². The van der Waals surface area contributed by atoms with Gasteiger partial charge in [-0.1, -0.05) is 0 Å². The predicted octanol–water partition coefficient (Wildman–Crippen LogP) is -0.664. The molecule has 9 heteroatoms. The number of fused-ring (bicyclic) bond motifs is 1. The summed E-state index contributed by atoms with van der Waals surface area (Å²) in [6, 6.07) is -1.07. The first kappa shape index (κ1) is 12.2. The van der Waals surface area contributed by atoms with Gasteiger partial charge in [0.1, 0.15) is 17.7 Å². The highest BCUT2D eigenvalue weighted by Crippen LogP contribution is 2.15. The zero-order chi connectivity index (χ0) is 13.5. The largest absolute Gasteiger partial charge is 0.341 e. The molecular formula is C9H7N3O5S. The maximum Gasteiger partial charge on any atom is 0.341 e. The highest BCUT2D eigenvalue weighted by Gasteiger charge is 2.28. The number of allylic oxidation sites excluding steroid dienone is 2. The molecule has 0 aromatic carbocycles. The molecule has 0 bridgehead atoms. The van der Waals surface area contributed by atoms with Crippen LogP contribution in [0.5, 0.6) is 0 Å². The van der Waals surface area contributed by atoms with E-state index in [1.165, 1.54) is 0 Å². The van der Waals surface area contributed by atoms with Crippen molar-refractivity contribution in [3.63, 3.8) is 0 Å². The van der Waals surface area contributed by atoms with E-state index in [2.05, 4.69) is 4.98 Å². The molecule has 1 aromatic rings. The standard InChI is InChI=1S/C9H7N3O5S/c1-18(16,17)11-9(15)12-4-10-7-5(13)2-3-6(14)8(7)12/h2-4H,1H3,(H,11,15). The molecule has 18 heavy (non-hydrogen) atoms. The van der Waals surface area contributed by atoms with Gasteiger partial charge in [-0.25, -0.2) is 27.5 Å². The number of hydrogen-bond acceptors (Lipinski definition) is 6. The molecule has 1 heterocycles. The number of rotatable bonds is 1.